The van der Waals surface area contributed by atoms with Crippen molar-refractivity contribution in [3.63, 3.8) is 0 Å². The molecule has 2 atom stereocenters. The molecule has 1 aromatic carbocycles. The molecule has 0 spiro atoms. The van der Waals surface area contributed by atoms with Gasteiger partial charge >= 0.3 is 0 Å². The minimum Gasteiger partial charge on any atom is -0.367 e. The van der Waals surface area contributed by atoms with E-state index in [-0.39, 0.29) is 11.8 Å². The number of anilines is 1. The summed E-state index contributed by atoms with van der Waals surface area (Å²) in [6, 6.07) is 8.55. The third-order valence-corrected chi connectivity index (χ3v) is 4.02. The fourth-order valence-corrected chi connectivity index (χ4v) is 2.69. The first-order valence-corrected chi connectivity index (χ1v) is 7.38. The third-order valence-electron chi connectivity index (χ3n) is 4.02. The van der Waals surface area contributed by atoms with Gasteiger partial charge in [0, 0.05) is 24.8 Å². The van der Waals surface area contributed by atoms with E-state index in [9.17, 15) is 4.79 Å². The highest BCUT2D eigenvalue weighted by Crippen LogP contribution is 2.31. The van der Waals surface area contributed by atoms with Gasteiger partial charge in [0.2, 0.25) is 5.91 Å². The Hall–Kier alpha value is -1.55. The summed E-state index contributed by atoms with van der Waals surface area (Å²) in [7, 11) is 0. The largest absolute Gasteiger partial charge is 0.367 e. The van der Waals surface area contributed by atoms with E-state index in [2.05, 4.69) is 41.4 Å². The van der Waals surface area contributed by atoms with Gasteiger partial charge in [-0.1, -0.05) is 32.0 Å². The molecule has 2 rings (SSSR count). The number of carbonyl (C=O) groups is 1. The van der Waals surface area contributed by atoms with Crippen LogP contribution in [0.15, 0.2) is 24.3 Å². The molecule has 0 aliphatic carbocycles. The van der Waals surface area contributed by atoms with Crippen LogP contribution in [-0.4, -0.2) is 31.1 Å². The average Bonchev–Trinajstić information content (AvgIpc) is 2.74. The number of nitrogens with one attached hydrogen (secondary N) is 1. The predicted molar refractivity (Wildman–Crippen MR) is 82.8 cm³/mol. The summed E-state index contributed by atoms with van der Waals surface area (Å²) in [6.07, 6.45) is 1.08. The van der Waals surface area contributed by atoms with Gasteiger partial charge in [0.1, 0.15) is 0 Å². The molecule has 0 radical (unpaired) electrons. The molecule has 0 saturated heterocycles. The maximum Gasteiger partial charge on any atom is 0.237 e. The van der Waals surface area contributed by atoms with Gasteiger partial charge in [-0.25, -0.2) is 0 Å². The normalized spacial score (nSPS) is 19.1. The molecule has 4 nitrogen and oxygen atoms in total. The Morgan fingerprint density at radius 2 is 2.15 bits per heavy atom. The van der Waals surface area contributed by atoms with E-state index in [1.54, 1.807) is 0 Å². The second-order valence-corrected chi connectivity index (χ2v) is 5.94. The molecule has 0 saturated carbocycles. The number of carbonyl (C=O) groups excluding carboxylic acids is 1. The lowest BCUT2D eigenvalue weighted by molar-refractivity contribution is -0.123. The molecule has 1 aromatic rings. The van der Waals surface area contributed by atoms with Gasteiger partial charge in [0.25, 0.3) is 0 Å². The number of nitrogens with zero attached hydrogens (tertiary/aromatic N) is 1. The molecule has 20 heavy (non-hydrogen) atoms. The quantitative estimate of drug-likeness (QED) is 0.857. The van der Waals surface area contributed by atoms with Crippen molar-refractivity contribution in [1.29, 1.82) is 0 Å². The Balaban J connectivity index is 1.87. The molecule has 0 aromatic heterocycles. The lowest BCUT2D eigenvalue weighted by atomic mass is 10.1. The van der Waals surface area contributed by atoms with Crippen LogP contribution in [0.3, 0.4) is 0 Å². The van der Waals surface area contributed by atoms with E-state index >= 15 is 0 Å². The molecular weight excluding hydrogens is 250 g/mol. The van der Waals surface area contributed by atoms with Crippen molar-refractivity contribution in [3.8, 4) is 0 Å². The number of amides is 1. The number of hydrogen-bond donors (Lipinski definition) is 2. The third kappa shape index (κ3) is 3.12. The molecule has 3 N–H and O–H groups in total. The van der Waals surface area contributed by atoms with Gasteiger partial charge in [-0.15, -0.1) is 0 Å². The maximum absolute atomic E-state index is 11.8. The van der Waals surface area contributed by atoms with Crippen molar-refractivity contribution in [3.05, 3.63) is 29.8 Å². The van der Waals surface area contributed by atoms with E-state index in [4.69, 9.17) is 5.73 Å². The first-order valence-electron chi connectivity index (χ1n) is 7.38. The number of hydrogen-bond acceptors (Lipinski definition) is 3. The van der Waals surface area contributed by atoms with Gasteiger partial charge in [-0.05, 0) is 30.9 Å². The first kappa shape index (κ1) is 14.9. The summed E-state index contributed by atoms with van der Waals surface area (Å²) in [5.74, 6) is 0.113. The van der Waals surface area contributed by atoms with Gasteiger partial charge in [0.05, 0.1) is 6.04 Å². The van der Waals surface area contributed by atoms with Crippen molar-refractivity contribution in [2.24, 2.45) is 11.7 Å². The zero-order valence-corrected chi connectivity index (χ0v) is 12.6. The summed E-state index contributed by atoms with van der Waals surface area (Å²) in [5, 5.41) is 2.94. The van der Waals surface area contributed by atoms with E-state index in [0.29, 0.717) is 12.6 Å². The molecule has 1 amide bonds. The van der Waals surface area contributed by atoms with Crippen LogP contribution >= 0.6 is 0 Å². The Labute approximate surface area is 121 Å². The second kappa shape index (κ2) is 6.27. The smallest absolute Gasteiger partial charge is 0.237 e. The summed E-state index contributed by atoms with van der Waals surface area (Å²) in [4.78, 5) is 14.2. The molecule has 0 fully saturated rings. The number of rotatable bonds is 5. The molecule has 110 valence electrons. The lowest BCUT2D eigenvalue weighted by Crippen LogP contribution is -2.46. The summed E-state index contributed by atoms with van der Waals surface area (Å²) < 4.78 is 0. The van der Waals surface area contributed by atoms with E-state index in [1.807, 2.05) is 13.8 Å². The van der Waals surface area contributed by atoms with Gasteiger partial charge in [0.15, 0.2) is 0 Å². The van der Waals surface area contributed by atoms with Crippen molar-refractivity contribution in [2.75, 3.05) is 18.0 Å². The van der Waals surface area contributed by atoms with Crippen LogP contribution in [0.25, 0.3) is 0 Å². The highest BCUT2D eigenvalue weighted by molar-refractivity contribution is 5.81. The monoisotopic (exact) mass is 275 g/mol. The Kier molecular flexibility index (Phi) is 4.65. The molecule has 4 heteroatoms. The number of para-hydroxylation sites is 1. The van der Waals surface area contributed by atoms with Gasteiger partial charge < -0.3 is 16.0 Å². The fourth-order valence-electron chi connectivity index (χ4n) is 2.69. The highest BCUT2D eigenvalue weighted by atomic mass is 16.2. The highest BCUT2D eigenvalue weighted by Gasteiger charge is 2.25. The van der Waals surface area contributed by atoms with E-state index in [0.717, 1.165) is 13.0 Å². The van der Waals surface area contributed by atoms with Crippen molar-refractivity contribution < 1.29 is 4.79 Å². The fraction of sp³-hybridized carbons (Fsp3) is 0.562. The summed E-state index contributed by atoms with van der Waals surface area (Å²) >= 11 is 0. The molecule has 1 unspecified atom stereocenters. The van der Waals surface area contributed by atoms with E-state index < -0.39 is 6.04 Å². The van der Waals surface area contributed by atoms with Crippen molar-refractivity contribution >= 4 is 11.6 Å². The van der Waals surface area contributed by atoms with Crippen LogP contribution in [0, 0.1) is 5.92 Å². The average molecular weight is 275 g/mol. The molecule has 1 heterocycles. The molecule has 0 bridgehead atoms. The van der Waals surface area contributed by atoms with Crippen LogP contribution in [0.4, 0.5) is 5.69 Å². The zero-order valence-electron chi connectivity index (χ0n) is 12.6. The zero-order chi connectivity index (χ0) is 14.7. The molecule has 1 aliphatic heterocycles. The Morgan fingerprint density at radius 1 is 1.45 bits per heavy atom. The minimum absolute atomic E-state index is 0.0554. The van der Waals surface area contributed by atoms with Crippen molar-refractivity contribution in [2.45, 2.75) is 39.3 Å². The Morgan fingerprint density at radius 3 is 2.85 bits per heavy atom. The Bertz CT molecular complexity index is 473. The summed E-state index contributed by atoms with van der Waals surface area (Å²) in [6.45, 7) is 7.61. The van der Waals surface area contributed by atoms with Crippen molar-refractivity contribution in [1.82, 2.24) is 5.32 Å². The minimum atomic E-state index is -0.418. The predicted octanol–water partition coefficient (Wildman–Crippen LogP) is 1.54. The van der Waals surface area contributed by atoms with Gasteiger partial charge in [-0.3, -0.25) is 4.79 Å². The topological polar surface area (TPSA) is 58.4 Å². The standard InChI is InChI=1S/C16H25N3O/c1-11(2)15(17)16(20)18-8-9-19-12(3)10-13-6-4-5-7-14(13)19/h4-7,11-12,15H,8-10,17H2,1-3H3,(H,18,20)/t12?,15-/m0/s1. The number of benzene rings is 1. The van der Waals surface area contributed by atoms with Crippen LogP contribution in [0.1, 0.15) is 26.3 Å². The SMILES string of the molecule is CC(C)[C@H](N)C(=O)NCCN1c2ccccc2CC1C. The maximum atomic E-state index is 11.8. The van der Waals surface area contributed by atoms with E-state index in [1.165, 1.54) is 11.3 Å². The molecular formula is C16H25N3O. The lowest BCUT2D eigenvalue weighted by Gasteiger charge is -2.25. The first-order chi connectivity index (χ1) is 9.50. The second-order valence-electron chi connectivity index (χ2n) is 5.94. The van der Waals surface area contributed by atoms with Crippen LogP contribution in [-0.2, 0) is 11.2 Å². The van der Waals surface area contributed by atoms with Crippen LogP contribution in [0.2, 0.25) is 0 Å². The number of nitrogens with two attached hydrogens (primary N) is 1. The molecule has 1 aliphatic rings. The summed E-state index contributed by atoms with van der Waals surface area (Å²) in [5.41, 5.74) is 8.52. The van der Waals surface area contributed by atoms with Gasteiger partial charge in [-0.2, -0.15) is 0 Å². The van der Waals surface area contributed by atoms with Crippen LogP contribution < -0.4 is 16.0 Å². The van der Waals surface area contributed by atoms with Crippen LogP contribution in [0.5, 0.6) is 0 Å². The number of fused-ring (bicyclic) bond motifs is 1.